The first-order valence-corrected chi connectivity index (χ1v) is 8.39. The molecule has 5 unspecified atom stereocenters. The summed E-state index contributed by atoms with van der Waals surface area (Å²) in [7, 11) is 1.99. The number of aliphatic imine (C=N–C) groups is 1. The highest BCUT2D eigenvalue weighted by atomic mass is 16.2. The monoisotopic (exact) mass is 300 g/mol. The third kappa shape index (κ3) is 1.65. The zero-order chi connectivity index (χ0) is 15.8. The van der Waals surface area contributed by atoms with E-state index in [9.17, 15) is 9.59 Å². The van der Waals surface area contributed by atoms with Crippen LogP contribution in [0.2, 0.25) is 0 Å². The Kier molecular flexibility index (Phi) is 2.85. The summed E-state index contributed by atoms with van der Waals surface area (Å²) in [6.07, 6.45) is 2.46. The zero-order valence-electron chi connectivity index (χ0n) is 13.8. The predicted octanol–water partition coefficient (Wildman–Crippen LogP) is 2.03. The predicted molar refractivity (Wildman–Crippen MR) is 85.0 cm³/mol. The number of rotatable bonds is 0. The van der Waals surface area contributed by atoms with Gasteiger partial charge < -0.3 is 0 Å². The molecule has 118 valence electrons. The number of ketones is 2. The van der Waals surface area contributed by atoms with Crippen molar-refractivity contribution in [1.29, 1.82) is 0 Å². The minimum atomic E-state index is -0.254. The molecule has 0 saturated heterocycles. The molecule has 4 heteroatoms. The molecule has 1 fully saturated rings. The van der Waals surface area contributed by atoms with Gasteiger partial charge in [-0.05, 0) is 38.6 Å². The SMILES string of the molecule is CC1C2CC3=C4CC2=NC1C(C)C(C)(C3)N(C)CC(=O)C4=O. The molecule has 2 aliphatic carbocycles. The van der Waals surface area contributed by atoms with Crippen LogP contribution in [0.25, 0.3) is 0 Å². The Balaban J connectivity index is 1.96. The van der Waals surface area contributed by atoms with Crippen LogP contribution in [0.5, 0.6) is 0 Å². The van der Waals surface area contributed by atoms with Crippen molar-refractivity contribution >= 4 is 17.3 Å². The van der Waals surface area contributed by atoms with Gasteiger partial charge in [0.05, 0.1) is 12.6 Å². The van der Waals surface area contributed by atoms with Crippen molar-refractivity contribution in [2.24, 2.45) is 22.7 Å². The Morgan fingerprint density at radius 3 is 2.73 bits per heavy atom. The number of carbonyl (C=O) groups is 2. The second-order valence-electron chi connectivity index (χ2n) is 7.97. The van der Waals surface area contributed by atoms with Gasteiger partial charge in [-0.25, -0.2) is 0 Å². The van der Waals surface area contributed by atoms with Crippen LogP contribution in [0.15, 0.2) is 16.1 Å². The van der Waals surface area contributed by atoms with E-state index in [0.717, 1.165) is 18.4 Å². The van der Waals surface area contributed by atoms with Crippen LogP contribution in [0, 0.1) is 17.8 Å². The molecule has 0 spiro atoms. The van der Waals surface area contributed by atoms with Gasteiger partial charge in [0.2, 0.25) is 11.6 Å². The second kappa shape index (κ2) is 4.38. The first kappa shape index (κ1) is 14.3. The molecule has 5 atom stereocenters. The summed E-state index contributed by atoms with van der Waals surface area (Å²) in [6, 6.07) is 0.316. The van der Waals surface area contributed by atoms with Crippen molar-refractivity contribution in [1.82, 2.24) is 4.90 Å². The minimum Gasteiger partial charge on any atom is -0.293 e. The van der Waals surface area contributed by atoms with Gasteiger partial charge >= 0.3 is 0 Å². The Bertz CT molecular complexity index is 647. The summed E-state index contributed by atoms with van der Waals surface area (Å²) < 4.78 is 0. The Labute approximate surface area is 131 Å². The maximum absolute atomic E-state index is 12.6. The van der Waals surface area contributed by atoms with E-state index in [-0.39, 0.29) is 23.7 Å². The molecule has 4 nitrogen and oxygen atoms in total. The topological polar surface area (TPSA) is 49.7 Å². The Hall–Kier alpha value is -1.29. The number of fused-ring (bicyclic) bond motifs is 2. The van der Waals surface area contributed by atoms with E-state index in [1.807, 2.05) is 7.05 Å². The average Bonchev–Trinajstić information content (AvgIpc) is 2.82. The third-order valence-corrected chi connectivity index (χ3v) is 7.01. The number of allylic oxidation sites excluding steroid dienone is 1. The Morgan fingerprint density at radius 1 is 1.27 bits per heavy atom. The minimum absolute atomic E-state index is 0.107. The normalized spacial score (nSPS) is 44.8. The fourth-order valence-corrected chi connectivity index (χ4v) is 5.19. The van der Waals surface area contributed by atoms with Crippen LogP contribution in [0.4, 0.5) is 0 Å². The molecule has 0 N–H and O–H groups in total. The van der Waals surface area contributed by atoms with Crippen LogP contribution >= 0.6 is 0 Å². The van der Waals surface area contributed by atoms with Gasteiger partial charge in [-0.2, -0.15) is 0 Å². The van der Waals surface area contributed by atoms with Crippen molar-refractivity contribution in [3.63, 3.8) is 0 Å². The smallest absolute Gasteiger partial charge is 0.226 e. The lowest BCUT2D eigenvalue weighted by atomic mass is 9.63. The summed E-state index contributed by atoms with van der Waals surface area (Å²) in [5.41, 5.74) is 3.08. The van der Waals surface area contributed by atoms with Gasteiger partial charge in [0, 0.05) is 29.2 Å². The average molecular weight is 300 g/mol. The standard InChI is InChI=1S/C18H24N2O2/c1-9-12-5-11-7-18(3)10(2)16(9)19-14(12)6-13(11)17(22)15(21)8-20(18)4/h9-10,12,16H,5-8H2,1-4H3. The summed E-state index contributed by atoms with van der Waals surface area (Å²) in [6.45, 7) is 7.08. The van der Waals surface area contributed by atoms with Crippen LogP contribution in [-0.2, 0) is 9.59 Å². The molecular weight excluding hydrogens is 276 g/mol. The number of hydrogen-bond acceptors (Lipinski definition) is 4. The second-order valence-corrected chi connectivity index (χ2v) is 7.97. The van der Waals surface area contributed by atoms with Crippen molar-refractivity contribution in [2.75, 3.05) is 13.6 Å². The molecule has 0 aromatic heterocycles. The van der Waals surface area contributed by atoms with Gasteiger partial charge in [-0.3, -0.25) is 19.5 Å². The first-order valence-electron chi connectivity index (χ1n) is 8.39. The maximum atomic E-state index is 12.6. The van der Waals surface area contributed by atoms with Crippen molar-refractivity contribution in [3.05, 3.63) is 11.1 Å². The molecule has 2 heterocycles. The van der Waals surface area contributed by atoms with Gasteiger partial charge in [0.1, 0.15) is 0 Å². The first-order chi connectivity index (χ1) is 10.3. The number of hydrogen-bond donors (Lipinski definition) is 0. The number of carbonyl (C=O) groups excluding carboxylic acids is 2. The van der Waals surface area contributed by atoms with Gasteiger partial charge in [0.25, 0.3) is 0 Å². The molecule has 4 aliphatic rings. The van der Waals surface area contributed by atoms with Gasteiger partial charge in [0.15, 0.2) is 0 Å². The maximum Gasteiger partial charge on any atom is 0.226 e. The largest absolute Gasteiger partial charge is 0.293 e. The highest BCUT2D eigenvalue weighted by Gasteiger charge is 2.53. The molecule has 4 bridgehead atoms. The molecular formula is C18H24N2O2. The van der Waals surface area contributed by atoms with E-state index in [4.69, 9.17) is 4.99 Å². The molecule has 1 saturated carbocycles. The van der Waals surface area contributed by atoms with Crippen molar-refractivity contribution in [3.8, 4) is 0 Å². The quantitative estimate of drug-likeness (QED) is 0.643. The lowest BCUT2D eigenvalue weighted by Crippen LogP contribution is -2.57. The molecule has 2 aliphatic heterocycles. The number of nitrogens with zero attached hydrogens (tertiary/aromatic N) is 2. The molecule has 0 aromatic carbocycles. The van der Waals surface area contributed by atoms with Gasteiger partial charge in [-0.1, -0.05) is 19.4 Å². The fourth-order valence-electron chi connectivity index (χ4n) is 5.19. The van der Waals surface area contributed by atoms with Crippen LogP contribution in [0.3, 0.4) is 0 Å². The molecule has 0 aromatic rings. The number of Topliss-reactive ketones (excluding diaryl/α,β-unsaturated/α-hetero) is 2. The van der Waals surface area contributed by atoms with Gasteiger partial charge in [-0.15, -0.1) is 0 Å². The van der Waals surface area contributed by atoms with E-state index in [1.54, 1.807) is 0 Å². The highest BCUT2D eigenvalue weighted by molar-refractivity contribution is 6.45. The van der Waals surface area contributed by atoms with E-state index >= 15 is 0 Å². The van der Waals surface area contributed by atoms with Crippen LogP contribution in [0.1, 0.15) is 40.0 Å². The van der Waals surface area contributed by atoms with E-state index in [1.165, 1.54) is 11.3 Å². The molecule has 0 amide bonds. The van der Waals surface area contributed by atoms with E-state index < -0.39 is 0 Å². The van der Waals surface area contributed by atoms with Crippen molar-refractivity contribution in [2.45, 2.75) is 51.6 Å². The van der Waals surface area contributed by atoms with Crippen LogP contribution < -0.4 is 0 Å². The summed E-state index contributed by atoms with van der Waals surface area (Å²) in [5, 5.41) is 0. The lowest BCUT2D eigenvalue weighted by molar-refractivity contribution is -0.136. The van der Waals surface area contributed by atoms with Crippen molar-refractivity contribution < 1.29 is 9.59 Å². The highest BCUT2D eigenvalue weighted by Crippen LogP contribution is 2.50. The Morgan fingerprint density at radius 2 is 2.00 bits per heavy atom. The zero-order valence-corrected chi connectivity index (χ0v) is 13.8. The lowest BCUT2D eigenvalue weighted by Gasteiger charge is -2.49. The van der Waals surface area contributed by atoms with E-state index in [2.05, 4.69) is 25.7 Å². The molecule has 4 rings (SSSR count). The summed E-state index contributed by atoms with van der Waals surface area (Å²) in [4.78, 5) is 32.1. The van der Waals surface area contributed by atoms with Crippen LogP contribution in [-0.4, -0.2) is 47.4 Å². The third-order valence-electron chi connectivity index (χ3n) is 7.01. The van der Waals surface area contributed by atoms with E-state index in [0.29, 0.717) is 30.2 Å². The molecule has 22 heavy (non-hydrogen) atoms. The number of likely N-dealkylation sites (N-methyl/N-ethyl adjacent to an activating group) is 1. The molecule has 0 radical (unpaired) electrons. The fraction of sp³-hybridized carbons (Fsp3) is 0.722. The summed E-state index contributed by atoms with van der Waals surface area (Å²) in [5.74, 6) is 0.903. The summed E-state index contributed by atoms with van der Waals surface area (Å²) >= 11 is 0.